The summed E-state index contributed by atoms with van der Waals surface area (Å²) in [6.45, 7) is 4.40. The third-order valence-electron chi connectivity index (χ3n) is 4.81. The minimum absolute atomic E-state index is 0.205. The molecule has 6 nitrogen and oxygen atoms in total. The van der Waals surface area contributed by atoms with Crippen molar-refractivity contribution in [1.29, 1.82) is 0 Å². The molecule has 2 aromatic rings. The van der Waals surface area contributed by atoms with E-state index in [9.17, 15) is 14.4 Å². The molecule has 1 fully saturated rings. The van der Waals surface area contributed by atoms with Gasteiger partial charge >= 0.3 is 0 Å². The monoisotopic (exact) mass is 379 g/mol. The number of nitrogens with one attached hydrogen (secondary N) is 1. The summed E-state index contributed by atoms with van der Waals surface area (Å²) in [5.41, 5.74) is 2.07. The second-order valence-corrected chi connectivity index (χ2v) is 6.70. The van der Waals surface area contributed by atoms with Gasteiger partial charge in [-0.05, 0) is 43.7 Å². The summed E-state index contributed by atoms with van der Waals surface area (Å²) in [7, 11) is 0. The Balaban J connectivity index is 1.53. The van der Waals surface area contributed by atoms with Gasteiger partial charge in [0, 0.05) is 43.7 Å². The lowest BCUT2D eigenvalue weighted by Crippen LogP contribution is -2.31. The maximum atomic E-state index is 12.4. The quantitative estimate of drug-likeness (QED) is 0.565. The molecule has 0 radical (unpaired) electrons. The molecule has 0 aliphatic carbocycles. The Morgan fingerprint density at radius 3 is 2.43 bits per heavy atom. The lowest BCUT2D eigenvalue weighted by Gasteiger charge is -2.23. The molecule has 28 heavy (non-hydrogen) atoms. The summed E-state index contributed by atoms with van der Waals surface area (Å²) in [6.07, 6.45) is 1.27. The maximum absolute atomic E-state index is 12.4. The summed E-state index contributed by atoms with van der Waals surface area (Å²) in [4.78, 5) is 39.6. The van der Waals surface area contributed by atoms with Crippen LogP contribution < -0.4 is 15.1 Å². The molecule has 2 aromatic carbocycles. The molecule has 0 unspecified atom stereocenters. The van der Waals surface area contributed by atoms with Crippen LogP contribution in [0.15, 0.2) is 54.6 Å². The molecular formula is C22H25N3O3. The second-order valence-electron chi connectivity index (χ2n) is 6.70. The molecule has 1 aliphatic heterocycles. The van der Waals surface area contributed by atoms with Gasteiger partial charge in [0.2, 0.25) is 11.8 Å². The van der Waals surface area contributed by atoms with Crippen molar-refractivity contribution in [2.45, 2.75) is 26.2 Å². The van der Waals surface area contributed by atoms with Crippen LogP contribution >= 0.6 is 0 Å². The molecule has 0 atom stereocenters. The van der Waals surface area contributed by atoms with Gasteiger partial charge in [-0.3, -0.25) is 19.3 Å². The predicted molar refractivity (Wildman–Crippen MR) is 109 cm³/mol. The first-order valence-corrected chi connectivity index (χ1v) is 9.64. The van der Waals surface area contributed by atoms with Gasteiger partial charge in [0.05, 0.1) is 5.69 Å². The summed E-state index contributed by atoms with van der Waals surface area (Å²) in [5.74, 6) is -0.644. The Kier molecular flexibility index (Phi) is 6.42. The summed E-state index contributed by atoms with van der Waals surface area (Å²) >= 11 is 0. The van der Waals surface area contributed by atoms with Crippen molar-refractivity contribution in [2.75, 3.05) is 29.4 Å². The number of amides is 3. The van der Waals surface area contributed by atoms with Crippen LogP contribution in [-0.2, 0) is 9.59 Å². The standard InChI is InChI=1S/C22H25N3O3/c1-2-24(18-9-4-3-5-10-18)15-7-14-23-22(28)17-8-6-11-19(16-17)25-20(26)12-13-21(25)27/h3-6,8-11,16H,2,7,12-15H2,1H3,(H,23,28). The van der Waals surface area contributed by atoms with E-state index in [-0.39, 0.29) is 30.6 Å². The predicted octanol–water partition coefficient (Wildman–Crippen LogP) is 2.99. The zero-order chi connectivity index (χ0) is 19.9. The molecule has 0 spiro atoms. The van der Waals surface area contributed by atoms with E-state index >= 15 is 0 Å². The number of para-hydroxylation sites is 1. The topological polar surface area (TPSA) is 69.7 Å². The van der Waals surface area contributed by atoms with Gasteiger partial charge in [0.15, 0.2) is 0 Å². The van der Waals surface area contributed by atoms with Gasteiger partial charge < -0.3 is 10.2 Å². The highest BCUT2D eigenvalue weighted by Gasteiger charge is 2.30. The number of carbonyl (C=O) groups is 3. The van der Waals surface area contributed by atoms with Crippen molar-refractivity contribution in [1.82, 2.24) is 5.32 Å². The first-order valence-electron chi connectivity index (χ1n) is 9.64. The second kappa shape index (κ2) is 9.17. The zero-order valence-corrected chi connectivity index (χ0v) is 16.1. The summed E-state index contributed by atoms with van der Waals surface area (Å²) in [6, 6.07) is 16.8. The number of hydrogen-bond acceptors (Lipinski definition) is 4. The third-order valence-corrected chi connectivity index (χ3v) is 4.81. The fraction of sp³-hybridized carbons (Fsp3) is 0.318. The summed E-state index contributed by atoms with van der Waals surface area (Å²) in [5, 5.41) is 2.92. The molecular weight excluding hydrogens is 354 g/mol. The van der Waals surface area contributed by atoms with E-state index in [1.165, 1.54) is 5.69 Å². The minimum atomic E-state index is -0.219. The van der Waals surface area contributed by atoms with Gasteiger partial charge in [-0.25, -0.2) is 0 Å². The number of anilines is 2. The smallest absolute Gasteiger partial charge is 0.251 e. The van der Waals surface area contributed by atoms with Crippen LogP contribution in [-0.4, -0.2) is 37.4 Å². The normalized spacial score (nSPS) is 13.7. The highest BCUT2D eigenvalue weighted by molar-refractivity contribution is 6.20. The first kappa shape index (κ1) is 19.6. The van der Waals surface area contributed by atoms with Gasteiger partial charge in [0.1, 0.15) is 0 Å². The molecule has 1 aliphatic rings. The highest BCUT2D eigenvalue weighted by atomic mass is 16.2. The molecule has 0 aromatic heterocycles. The fourth-order valence-corrected chi connectivity index (χ4v) is 3.33. The van der Waals surface area contributed by atoms with Crippen molar-refractivity contribution in [2.24, 2.45) is 0 Å². The van der Waals surface area contributed by atoms with Gasteiger partial charge in [-0.1, -0.05) is 24.3 Å². The van der Waals surface area contributed by atoms with Crippen molar-refractivity contribution in [3.05, 3.63) is 60.2 Å². The van der Waals surface area contributed by atoms with E-state index in [1.54, 1.807) is 24.3 Å². The van der Waals surface area contributed by atoms with Gasteiger partial charge in [-0.2, -0.15) is 0 Å². The first-order chi connectivity index (χ1) is 13.6. The Morgan fingerprint density at radius 1 is 1.04 bits per heavy atom. The van der Waals surface area contributed by atoms with E-state index in [4.69, 9.17) is 0 Å². The molecule has 1 heterocycles. The van der Waals surface area contributed by atoms with Crippen LogP contribution in [0.4, 0.5) is 11.4 Å². The van der Waals surface area contributed by atoms with Crippen LogP contribution in [0, 0.1) is 0 Å². The van der Waals surface area contributed by atoms with Gasteiger partial charge in [0.25, 0.3) is 5.91 Å². The van der Waals surface area contributed by atoms with Crippen LogP contribution in [0.25, 0.3) is 0 Å². The lowest BCUT2D eigenvalue weighted by molar-refractivity contribution is -0.121. The van der Waals surface area contributed by atoms with Crippen LogP contribution in [0.3, 0.4) is 0 Å². The zero-order valence-electron chi connectivity index (χ0n) is 16.1. The molecule has 3 amide bonds. The Labute approximate surface area is 165 Å². The minimum Gasteiger partial charge on any atom is -0.372 e. The SMILES string of the molecule is CCN(CCCNC(=O)c1cccc(N2C(=O)CCC2=O)c1)c1ccccc1. The van der Waals surface area contributed by atoms with E-state index in [2.05, 4.69) is 29.3 Å². The van der Waals surface area contributed by atoms with E-state index in [1.807, 2.05) is 18.2 Å². The molecule has 0 bridgehead atoms. The Bertz CT molecular complexity index is 835. The third kappa shape index (κ3) is 4.57. The lowest BCUT2D eigenvalue weighted by atomic mass is 10.1. The number of imide groups is 1. The van der Waals surface area contributed by atoms with Crippen molar-refractivity contribution >= 4 is 29.1 Å². The average molecular weight is 379 g/mol. The molecule has 3 rings (SSSR count). The number of hydrogen-bond donors (Lipinski definition) is 1. The van der Waals surface area contributed by atoms with Crippen molar-refractivity contribution < 1.29 is 14.4 Å². The van der Waals surface area contributed by atoms with E-state index < -0.39 is 0 Å². The molecule has 1 N–H and O–H groups in total. The van der Waals surface area contributed by atoms with Crippen molar-refractivity contribution in [3.63, 3.8) is 0 Å². The number of carbonyl (C=O) groups excluding carboxylic acids is 3. The number of benzene rings is 2. The van der Waals surface area contributed by atoms with Crippen LogP contribution in [0.5, 0.6) is 0 Å². The molecule has 0 saturated carbocycles. The number of rotatable bonds is 8. The van der Waals surface area contributed by atoms with E-state index in [0.717, 1.165) is 24.4 Å². The summed E-state index contributed by atoms with van der Waals surface area (Å²) < 4.78 is 0. The van der Waals surface area contributed by atoms with Crippen LogP contribution in [0.2, 0.25) is 0 Å². The fourth-order valence-electron chi connectivity index (χ4n) is 3.33. The van der Waals surface area contributed by atoms with Crippen molar-refractivity contribution in [3.8, 4) is 0 Å². The number of nitrogens with zero attached hydrogens (tertiary/aromatic N) is 2. The van der Waals surface area contributed by atoms with E-state index in [0.29, 0.717) is 17.8 Å². The highest BCUT2D eigenvalue weighted by Crippen LogP contribution is 2.23. The Hall–Kier alpha value is -3.15. The largest absolute Gasteiger partial charge is 0.372 e. The molecule has 146 valence electrons. The Morgan fingerprint density at radius 2 is 1.75 bits per heavy atom. The molecule has 1 saturated heterocycles. The molecule has 6 heteroatoms. The van der Waals surface area contributed by atoms with Gasteiger partial charge in [-0.15, -0.1) is 0 Å². The maximum Gasteiger partial charge on any atom is 0.251 e. The van der Waals surface area contributed by atoms with Crippen LogP contribution in [0.1, 0.15) is 36.5 Å². The average Bonchev–Trinajstić information content (AvgIpc) is 3.06.